The molecular weight excluding hydrogens is 314 g/mol. The lowest BCUT2D eigenvalue weighted by Crippen LogP contribution is -2.26. The predicted molar refractivity (Wildman–Crippen MR) is 100 cm³/mol. The van der Waals surface area contributed by atoms with Crippen molar-refractivity contribution in [2.24, 2.45) is 0 Å². The quantitative estimate of drug-likeness (QED) is 0.795. The van der Waals surface area contributed by atoms with Crippen molar-refractivity contribution in [3.05, 3.63) is 35.0 Å². The van der Waals surface area contributed by atoms with Gasteiger partial charge < -0.3 is 20.7 Å². The molecule has 6 heteroatoms. The third-order valence-electron chi connectivity index (χ3n) is 4.96. The number of anilines is 3. The Bertz CT molecular complexity index is 771. The van der Waals surface area contributed by atoms with Gasteiger partial charge in [-0.1, -0.05) is 0 Å². The number of benzene rings is 1. The highest BCUT2D eigenvalue weighted by atomic mass is 16.5. The zero-order chi connectivity index (χ0) is 17.2. The van der Waals surface area contributed by atoms with Crippen molar-refractivity contribution in [1.29, 1.82) is 0 Å². The van der Waals surface area contributed by atoms with Gasteiger partial charge in [-0.05, 0) is 62.0 Å². The zero-order valence-electron chi connectivity index (χ0n) is 14.9. The van der Waals surface area contributed by atoms with Gasteiger partial charge in [0, 0.05) is 30.9 Å². The number of aryl methyl sites for hydroxylation is 1. The minimum atomic E-state index is 0.557. The topological polar surface area (TPSA) is 71.1 Å². The van der Waals surface area contributed by atoms with Crippen molar-refractivity contribution in [2.45, 2.75) is 32.1 Å². The first kappa shape index (κ1) is 16.1. The number of nitrogens with one attached hydrogen (secondary N) is 3. The summed E-state index contributed by atoms with van der Waals surface area (Å²) in [5, 5.41) is 9.92. The lowest BCUT2D eigenvalue weighted by molar-refractivity contribution is 0.346. The minimum Gasteiger partial charge on any atom is -0.493 e. The molecule has 3 N–H and O–H groups in total. The zero-order valence-corrected chi connectivity index (χ0v) is 14.9. The molecule has 0 atom stereocenters. The van der Waals surface area contributed by atoms with Gasteiger partial charge in [0.15, 0.2) is 0 Å². The Hall–Kier alpha value is -2.34. The summed E-state index contributed by atoms with van der Waals surface area (Å²) in [5.74, 6) is 3.11. The molecule has 132 valence electrons. The van der Waals surface area contributed by atoms with Gasteiger partial charge in [0.05, 0.1) is 6.61 Å². The molecule has 2 aliphatic rings. The lowest BCUT2D eigenvalue weighted by Gasteiger charge is -2.25. The summed E-state index contributed by atoms with van der Waals surface area (Å²) in [5.41, 5.74) is 4.61. The number of aromatic nitrogens is 2. The van der Waals surface area contributed by atoms with E-state index in [-0.39, 0.29) is 0 Å². The van der Waals surface area contributed by atoms with E-state index in [1.165, 1.54) is 11.1 Å². The van der Waals surface area contributed by atoms with Crippen LogP contribution in [0.4, 0.5) is 17.5 Å². The molecular formula is C19H25N5O. The second-order valence-electron chi connectivity index (χ2n) is 6.77. The number of hydrogen-bond acceptors (Lipinski definition) is 6. The minimum absolute atomic E-state index is 0.557. The second-order valence-corrected chi connectivity index (χ2v) is 6.77. The highest BCUT2D eigenvalue weighted by molar-refractivity contribution is 5.63. The largest absolute Gasteiger partial charge is 0.493 e. The van der Waals surface area contributed by atoms with Crippen LogP contribution in [0.2, 0.25) is 0 Å². The first-order valence-corrected chi connectivity index (χ1v) is 9.04. The standard InChI is InChI=1S/C19H25N5O/c1-12-9-17(20-2)24-19(22-12)23-15-10-14-5-8-25-18(14)16(11-15)13-3-6-21-7-4-13/h9-11,13,21H,3-8H2,1-2H3,(H2,20,22,23,24). The van der Waals surface area contributed by atoms with Gasteiger partial charge in [-0.15, -0.1) is 0 Å². The van der Waals surface area contributed by atoms with Gasteiger partial charge >= 0.3 is 0 Å². The molecule has 2 aliphatic heterocycles. The molecule has 1 fully saturated rings. The summed E-state index contributed by atoms with van der Waals surface area (Å²) in [7, 11) is 1.87. The summed E-state index contributed by atoms with van der Waals surface area (Å²) >= 11 is 0. The molecule has 2 aromatic rings. The van der Waals surface area contributed by atoms with Crippen LogP contribution in [0.25, 0.3) is 0 Å². The number of ether oxygens (including phenoxy) is 1. The van der Waals surface area contributed by atoms with E-state index in [1.807, 2.05) is 20.0 Å². The van der Waals surface area contributed by atoms with E-state index < -0.39 is 0 Å². The molecule has 0 amide bonds. The molecule has 1 aromatic heterocycles. The van der Waals surface area contributed by atoms with Gasteiger partial charge in [-0.3, -0.25) is 0 Å². The summed E-state index contributed by atoms with van der Waals surface area (Å²) in [4.78, 5) is 9.02. The number of nitrogens with zero attached hydrogens (tertiary/aromatic N) is 2. The summed E-state index contributed by atoms with van der Waals surface area (Å²) in [6.07, 6.45) is 3.29. The summed E-state index contributed by atoms with van der Waals surface area (Å²) < 4.78 is 5.95. The molecule has 0 unspecified atom stereocenters. The fraction of sp³-hybridized carbons (Fsp3) is 0.474. The van der Waals surface area contributed by atoms with Crippen molar-refractivity contribution >= 4 is 17.5 Å². The van der Waals surface area contributed by atoms with Crippen LogP contribution in [0.5, 0.6) is 5.75 Å². The molecule has 0 spiro atoms. The molecule has 0 bridgehead atoms. The van der Waals surface area contributed by atoms with Crippen LogP contribution in [0.15, 0.2) is 18.2 Å². The van der Waals surface area contributed by atoms with E-state index in [2.05, 4.69) is 38.1 Å². The molecule has 3 heterocycles. The molecule has 1 saturated heterocycles. The average molecular weight is 339 g/mol. The number of rotatable bonds is 4. The summed E-state index contributed by atoms with van der Waals surface area (Å²) in [6.45, 7) is 4.90. The Labute approximate surface area is 148 Å². The second kappa shape index (κ2) is 6.88. The molecule has 0 saturated carbocycles. The fourth-order valence-corrected chi connectivity index (χ4v) is 3.73. The van der Waals surface area contributed by atoms with E-state index in [1.54, 1.807) is 0 Å². The first-order chi connectivity index (χ1) is 12.2. The smallest absolute Gasteiger partial charge is 0.229 e. The Morgan fingerprint density at radius 3 is 2.80 bits per heavy atom. The predicted octanol–water partition coefficient (Wildman–Crippen LogP) is 2.97. The maximum atomic E-state index is 5.95. The third kappa shape index (κ3) is 3.39. The van der Waals surface area contributed by atoms with Crippen molar-refractivity contribution < 1.29 is 4.74 Å². The molecule has 6 nitrogen and oxygen atoms in total. The van der Waals surface area contributed by atoms with Crippen LogP contribution in [0.3, 0.4) is 0 Å². The molecule has 1 aromatic carbocycles. The van der Waals surface area contributed by atoms with Crippen molar-refractivity contribution in [3.8, 4) is 5.75 Å². The number of fused-ring (bicyclic) bond motifs is 1. The monoisotopic (exact) mass is 339 g/mol. The van der Waals surface area contributed by atoms with E-state index in [0.717, 1.165) is 61.9 Å². The SMILES string of the molecule is CNc1cc(C)nc(Nc2cc3c(c(C4CCNCC4)c2)OCC3)n1. The highest BCUT2D eigenvalue weighted by Gasteiger charge is 2.25. The van der Waals surface area contributed by atoms with Crippen LogP contribution in [-0.2, 0) is 6.42 Å². The van der Waals surface area contributed by atoms with E-state index >= 15 is 0 Å². The molecule has 4 rings (SSSR count). The van der Waals surface area contributed by atoms with Crippen LogP contribution in [-0.4, -0.2) is 36.7 Å². The van der Waals surface area contributed by atoms with Crippen LogP contribution in [0, 0.1) is 6.92 Å². The first-order valence-electron chi connectivity index (χ1n) is 9.04. The van der Waals surface area contributed by atoms with Crippen LogP contribution >= 0.6 is 0 Å². The Balaban J connectivity index is 1.67. The van der Waals surface area contributed by atoms with E-state index in [9.17, 15) is 0 Å². The van der Waals surface area contributed by atoms with E-state index in [4.69, 9.17) is 4.74 Å². The Morgan fingerprint density at radius 1 is 1.16 bits per heavy atom. The summed E-state index contributed by atoms with van der Waals surface area (Å²) in [6, 6.07) is 6.34. The lowest BCUT2D eigenvalue weighted by atomic mass is 9.88. The number of piperidine rings is 1. The Kier molecular flexibility index (Phi) is 4.44. The average Bonchev–Trinajstić information content (AvgIpc) is 3.09. The van der Waals surface area contributed by atoms with Crippen molar-refractivity contribution in [1.82, 2.24) is 15.3 Å². The van der Waals surface area contributed by atoms with Crippen molar-refractivity contribution in [2.75, 3.05) is 37.4 Å². The van der Waals surface area contributed by atoms with Gasteiger partial charge in [0.1, 0.15) is 11.6 Å². The van der Waals surface area contributed by atoms with Crippen LogP contribution < -0.4 is 20.7 Å². The fourth-order valence-electron chi connectivity index (χ4n) is 3.73. The van der Waals surface area contributed by atoms with Crippen molar-refractivity contribution in [3.63, 3.8) is 0 Å². The third-order valence-corrected chi connectivity index (χ3v) is 4.96. The Morgan fingerprint density at radius 2 is 2.00 bits per heavy atom. The molecule has 0 radical (unpaired) electrons. The van der Waals surface area contributed by atoms with Gasteiger partial charge in [-0.2, -0.15) is 4.98 Å². The molecule has 0 aliphatic carbocycles. The highest BCUT2D eigenvalue weighted by Crippen LogP contribution is 2.40. The van der Waals surface area contributed by atoms with Gasteiger partial charge in [-0.25, -0.2) is 4.98 Å². The van der Waals surface area contributed by atoms with Crippen LogP contribution in [0.1, 0.15) is 35.6 Å². The van der Waals surface area contributed by atoms with E-state index in [0.29, 0.717) is 11.9 Å². The number of hydrogen-bond donors (Lipinski definition) is 3. The normalized spacial score (nSPS) is 17.0. The molecule has 25 heavy (non-hydrogen) atoms. The van der Waals surface area contributed by atoms with Gasteiger partial charge in [0.2, 0.25) is 5.95 Å². The maximum absolute atomic E-state index is 5.95. The van der Waals surface area contributed by atoms with Gasteiger partial charge in [0.25, 0.3) is 0 Å². The maximum Gasteiger partial charge on any atom is 0.229 e.